The normalized spacial score (nSPS) is 15.5. The smallest absolute Gasteiger partial charge is 0.257 e. The van der Waals surface area contributed by atoms with Crippen molar-refractivity contribution in [2.45, 2.75) is 6.42 Å². The fourth-order valence-electron chi connectivity index (χ4n) is 1.43. The number of carbonyl (C=O) groups is 1. The summed E-state index contributed by atoms with van der Waals surface area (Å²) >= 11 is 5.81. The first-order chi connectivity index (χ1) is 6.77. The van der Waals surface area contributed by atoms with Gasteiger partial charge in [-0.2, -0.15) is 0 Å². The summed E-state index contributed by atoms with van der Waals surface area (Å²) in [5.74, 6) is 0.0150. The molecule has 0 spiro atoms. The monoisotopic (exact) mass is 207 g/mol. The largest absolute Gasteiger partial charge is 0.313 e. The van der Waals surface area contributed by atoms with Crippen LogP contribution in [0, 0.1) is 0 Å². The van der Waals surface area contributed by atoms with Crippen molar-refractivity contribution in [3.05, 3.63) is 47.1 Å². The second-order valence-electron chi connectivity index (χ2n) is 3.19. The maximum absolute atomic E-state index is 11.8. The van der Waals surface area contributed by atoms with E-state index in [1.54, 1.807) is 11.1 Å². The van der Waals surface area contributed by atoms with Gasteiger partial charge in [-0.3, -0.25) is 4.79 Å². The molecule has 0 saturated heterocycles. The maximum atomic E-state index is 11.8. The molecule has 0 saturated carbocycles. The van der Waals surface area contributed by atoms with Crippen LogP contribution in [0.4, 0.5) is 0 Å². The summed E-state index contributed by atoms with van der Waals surface area (Å²) in [6.45, 7) is 0.687. The number of nitrogens with zero attached hydrogens (tertiary/aromatic N) is 1. The van der Waals surface area contributed by atoms with Crippen molar-refractivity contribution in [3.8, 4) is 0 Å². The van der Waals surface area contributed by atoms with Crippen molar-refractivity contribution >= 4 is 17.5 Å². The summed E-state index contributed by atoms with van der Waals surface area (Å²) in [5.41, 5.74) is 0.704. The van der Waals surface area contributed by atoms with Gasteiger partial charge in [0.25, 0.3) is 5.91 Å². The molecular weight excluding hydrogens is 198 g/mol. The lowest BCUT2D eigenvalue weighted by Crippen LogP contribution is -2.23. The lowest BCUT2D eigenvalue weighted by atomic mass is 10.2. The molecule has 0 N–H and O–H groups in total. The molecule has 1 heterocycles. The molecule has 1 aromatic carbocycles. The van der Waals surface area contributed by atoms with Gasteiger partial charge in [0.2, 0.25) is 0 Å². The number of carbonyl (C=O) groups excluding carboxylic acids is 1. The molecule has 0 radical (unpaired) electrons. The third kappa shape index (κ3) is 1.80. The van der Waals surface area contributed by atoms with E-state index in [9.17, 15) is 4.79 Å². The number of rotatable bonds is 1. The highest BCUT2D eigenvalue weighted by atomic mass is 35.5. The van der Waals surface area contributed by atoms with E-state index < -0.39 is 0 Å². The highest BCUT2D eigenvalue weighted by Gasteiger charge is 2.18. The lowest BCUT2D eigenvalue weighted by molar-refractivity contribution is 0.0833. The number of amides is 1. The van der Waals surface area contributed by atoms with E-state index in [-0.39, 0.29) is 5.91 Å². The van der Waals surface area contributed by atoms with Crippen LogP contribution in [0.1, 0.15) is 16.8 Å². The second-order valence-corrected chi connectivity index (χ2v) is 3.68. The minimum atomic E-state index is 0.0150. The quantitative estimate of drug-likeness (QED) is 0.693. The minimum Gasteiger partial charge on any atom is -0.313 e. The SMILES string of the molecule is O=C(c1ccccc1)N1C=C(Cl)CC1. The van der Waals surface area contributed by atoms with Crippen LogP contribution in [0.25, 0.3) is 0 Å². The molecule has 1 amide bonds. The van der Waals surface area contributed by atoms with Crippen molar-refractivity contribution < 1.29 is 4.79 Å². The molecule has 2 nitrogen and oxygen atoms in total. The highest BCUT2D eigenvalue weighted by molar-refractivity contribution is 6.29. The van der Waals surface area contributed by atoms with E-state index in [4.69, 9.17) is 11.6 Å². The van der Waals surface area contributed by atoms with Gasteiger partial charge in [-0.25, -0.2) is 0 Å². The van der Waals surface area contributed by atoms with Crippen LogP contribution in [0.15, 0.2) is 41.6 Å². The van der Waals surface area contributed by atoms with Gasteiger partial charge >= 0.3 is 0 Å². The average Bonchev–Trinajstić information content (AvgIpc) is 2.65. The van der Waals surface area contributed by atoms with Gasteiger partial charge in [-0.15, -0.1) is 0 Å². The molecule has 0 fully saturated rings. The zero-order chi connectivity index (χ0) is 9.97. The third-order valence-electron chi connectivity index (χ3n) is 2.17. The summed E-state index contributed by atoms with van der Waals surface area (Å²) in [7, 11) is 0. The Morgan fingerprint density at radius 1 is 1.29 bits per heavy atom. The predicted molar refractivity (Wildman–Crippen MR) is 56.0 cm³/mol. The lowest BCUT2D eigenvalue weighted by Gasteiger charge is -2.12. The van der Waals surface area contributed by atoms with Crippen LogP contribution in [0.5, 0.6) is 0 Å². The van der Waals surface area contributed by atoms with E-state index in [1.807, 2.05) is 30.3 Å². The molecule has 2 rings (SSSR count). The van der Waals surface area contributed by atoms with Crippen LogP contribution in [0.2, 0.25) is 0 Å². The zero-order valence-corrected chi connectivity index (χ0v) is 8.37. The molecule has 72 valence electrons. The number of hydrogen-bond acceptors (Lipinski definition) is 1. The van der Waals surface area contributed by atoms with Crippen molar-refractivity contribution in [2.75, 3.05) is 6.54 Å². The Morgan fingerprint density at radius 3 is 2.57 bits per heavy atom. The Morgan fingerprint density at radius 2 is 2.00 bits per heavy atom. The average molecular weight is 208 g/mol. The summed E-state index contributed by atoms with van der Waals surface area (Å²) in [6, 6.07) is 9.22. The Hall–Kier alpha value is -1.28. The first-order valence-corrected chi connectivity index (χ1v) is 4.87. The molecule has 0 aliphatic carbocycles. The Bertz CT molecular complexity index is 372. The summed E-state index contributed by atoms with van der Waals surface area (Å²) in [5, 5.41) is 0.745. The van der Waals surface area contributed by atoms with E-state index in [0.29, 0.717) is 12.1 Å². The molecule has 0 unspecified atom stereocenters. The van der Waals surface area contributed by atoms with Gasteiger partial charge < -0.3 is 4.90 Å². The first kappa shape index (κ1) is 9.28. The van der Waals surface area contributed by atoms with Crippen LogP contribution in [-0.2, 0) is 0 Å². The highest BCUT2D eigenvalue weighted by Crippen LogP contribution is 2.19. The van der Waals surface area contributed by atoms with E-state index in [1.165, 1.54) is 0 Å². The van der Waals surface area contributed by atoms with Gasteiger partial charge in [-0.1, -0.05) is 29.8 Å². The zero-order valence-electron chi connectivity index (χ0n) is 7.61. The molecule has 1 aliphatic heterocycles. The molecule has 3 heteroatoms. The predicted octanol–water partition coefficient (Wildman–Crippen LogP) is 2.61. The van der Waals surface area contributed by atoms with E-state index in [0.717, 1.165) is 11.5 Å². The number of halogens is 1. The standard InChI is InChI=1S/C11H10ClNO/c12-10-6-7-13(8-10)11(14)9-4-2-1-3-5-9/h1-5,8H,6-7H2. The third-order valence-corrected chi connectivity index (χ3v) is 2.46. The van der Waals surface area contributed by atoms with Gasteiger partial charge in [0, 0.05) is 29.8 Å². The van der Waals surface area contributed by atoms with Crippen LogP contribution >= 0.6 is 11.6 Å². The van der Waals surface area contributed by atoms with E-state index in [2.05, 4.69) is 0 Å². The molecular formula is C11H10ClNO. The Balaban J connectivity index is 2.18. The van der Waals surface area contributed by atoms with Crippen LogP contribution < -0.4 is 0 Å². The molecule has 1 aliphatic rings. The summed E-state index contributed by atoms with van der Waals surface area (Å²) in [6.07, 6.45) is 2.47. The number of benzene rings is 1. The summed E-state index contributed by atoms with van der Waals surface area (Å²) < 4.78 is 0. The van der Waals surface area contributed by atoms with Gasteiger partial charge in [0.05, 0.1) is 0 Å². The second kappa shape index (κ2) is 3.84. The molecule has 0 bridgehead atoms. The molecule has 0 aromatic heterocycles. The minimum absolute atomic E-state index is 0.0150. The number of hydrogen-bond donors (Lipinski definition) is 0. The molecule has 1 aromatic rings. The van der Waals surface area contributed by atoms with Crippen molar-refractivity contribution in [1.82, 2.24) is 4.90 Å². The maximum Gasteiger partial charge on any atom is 0.257 e. The fourth-order valence-corrected chi connectivity index (χ4v) is 1.63. The first-order valence-electron chi connectivity index (χ1n) is 4.49. The van der Waals surface area contributed by atoms with Crippen molar-refractivity contribution in [2.24, 2.45) is 0 Å². The van der Waals surface area contributed by atoms with Crippen LogP contribution in [0.3, 0.4) is 0 Å². The topological polar surface area (TPSA) is 20.3 Å². The molecule has 0 atom stereocenters. The van der Waals surface area contributed by atoms with Gasteiger partial charge in [0.1, 0.15) is 0 Å². The van der Waals surface area contributed by atoms with Gasteiger partial charge in [0.15, 0.2) is 0 Å². The van der Waals surface area contributed by atoms with E-state index >= 15 is 0 Å². The Kier molecular flexibility index (Phi) is 2.55. The fraction of sp³-hybridized carbons (Fsp3) is 0.182. The Labute approximate surface area is 87.8 Å². The van der Waals surface area contributed by atoms with Crippen molar-refractivity contribution in [1.29, 1.82) is 0 Å². The van der Waals surface area contributed by atoms with Gasteiger partial charge in [-0.05, 0) is 12.1 Å². The summed E-state index contributed by atoms with van der Waals surface area (Å²) in [4.78, 5) is 13.5. The molecule has 14 heavy (non-hydrogen) atoms. The van der Waals surface area contributed by atoms with Crippen molar-refractivity contribution in [3.63, 3.8) is 0 Å². The van der Waals surface area contributed by atoms with Crippen LogP contribution in [-0.4, -0.2) is 17.4 Å².